The molecule has 0 saturated carbocycles. The largest absolute Gasteiger partial charge is 0.500 e. The van der Waals surface area contributed by atoms with Gasteiger partial charge in [-0.15, -0.1) is 59.2 Å². The van der Waals surface area contributed by atoms with Crippen molar-refractivity contribution in [1.82, 2.24) is 9.97 Å². The topological polar surface area (TPSA) is 38.9 Å². The number of furan rings is 1. The van der Waals surface area contributed by atoms with Crippen LogP contribution in [0.5, 0.6) is 0 Å². The van der Waals surface area contributed by atoms with E-state index in [1.807, 2.05) is 24.4 Å². The van der Waals surface area contributed by atoms with Crippen molar-refractivity contribution < 1.29 is 24.5 Å². The molecule has 0 bridgehead atoms. The van der Waals surface area contributed by atoms with E-state index in [1.54, 1.807) is 0 Å². The molecule has 7 rings (SSSR count). The smallest absolute Gasteiger partial charge is 0.121 e. The number of benzene rings is 4. The van der Waals surface area contributed by atoms with Crippen molar-refractivity contribution in [2.24, 2.45) is 0 Å². The molecule has 0 atom stereocenters. The van der Waals surface area contributed by atoms with Crippen LogP contribution in [0.2, 0.25) is 19.6 Å². The molecular weight excluding hydrogens is 805 g/mol. The molecule has 7 aromatic rings. The van der Waals surface area contributed by atoms with Crippen LogP contribution in [0.25, 0.3) is 44.5 Å². The third kappa shape index (κ3) is 8.41. The predicted octanol–water partition coefficient (Wildman–Crippen LogP) is 11.7. The number of hydrogen-bond acceptors (Lipinski definition) is 3. The van der Waals surface area contributed by atoms with Crippen molar-refractivity contribution in [1.29, 1.82) is 0 Å². The first-order valence-electron chi connectivity index (χ1n) is 17.3. The first-order chi connectivity index (χ1) is 23.5. The summed E-state index contributed by atoms with van der Waals surface area (Å²) in [5, 5.41) is 3.78. The van der Waals surface area contributed by atoms with Gasteiger partial charge in [-0.2, -0.15) is 0 Å². The third-order valence-corrected chi connectivity index (χ3v) is 11.1. The average molecular weight is 851 g/mol. The quantitative estimate of drug-likeness (QED) is 0.118. The molecule has 0 saturated heterocycles. The fraction of sp³-hybridized carbons (Fsp3) is 0.244. The number of fused-ring (bicyclic) bond motifs is 3. The van der Waals surface area contributed by atoms with Crippen molar-refractivity contribution in [2.45, 2.75) is 72.5 Å². The summed E-state index contributed by atoms with van der Waals surface area (Å²) in [6.45, 7) is 18.2. The minimum atomic E-state index is -1.35. The zero-order valence-corrected chi connectivity index (χ0v) is 33.8. The summed E-state index contributed by atoms with van der Waals surface area (Å²) in [6.07, 6.45) is 4.86. The fourth-order valence-electron chi connectivity index (χ4n) is 6.29. The first-order valence-corrected chi connectivity index (χ1v) is 20.8. The van der Waals surface area contributed by atoms with Gasteiger partial charge < -0.3 is 14.4 Å². The van der Waals surface area contributed by atoms with Crippen molar-refractivity contribution in [3.05, 3.63) is 149 Å². The van der Waals surface area contributed by atoms with Gasteiger partial charge in [-0.1, -0.05) is 125 Å². The standard InChI is InChI=1S/C27H22NO.C18H24NSi.Ir/c1-18(2)20-13-14-28-24(17-20)21-11-12-25-23(16-21)27-22(9-6-10-26(27)29-25)15-19-7-4-3-5-8-19;1-13(2)16-11-17(15-9-7-14(3)8-10-15)19-12-18(16)20(4,5)6;/h3-10,12-14,16-18H,15H2,1-2H3;7-9,11-13H,1-6H3;/q2*-1;. The Labute approximate surface area is 312 Å². The fourth-order valence-corrected chi connectivity index (χ4v) is 7.97. The van der Waals surface area contributed by atoms with Crippen LogP contribution < -0.4 is 5.19 Å². The van der Waals surface area contributed by atoms with Gasteiger partial charge in [-0.3, -0.25) is 0 Å². The summed E-state index contributed by atoms with van der Waals surface area (Å²) >= 11 is 0. The molecule has 4 aromatic carbocycles. The Morgan fingerprint density at radius 3 is 2.14 bits per heavy atom. The molecular formula is C45H46IrN2OSi-2. The van der Waals surface area contributed by atoms with E-state index in [0.717, 1.165) is 45.5 Å². The first kappa shape index (κ1) is 37.1. The Bertz CT molecular complexity index is 2200. The second-order valence-corrected chi connectivity index (χ2v) is 19.7. The Kier molecular flexibility index (Phi) is 11.7. The summed E-state index contributed by atoms with van der Waals surface area (Å²) in [6, 6.07) is 40.4. The summed E-state index contributed by atoms with van der Waals surface area (Å²) in [5.41, 5.74) is 12.4. The SMILES string of the molecule is CC(C)c1ccnc(-c2[c-]cc3oc4cccc(Cc5ccccc5)c4c3c2)c1.Cc1c[c-]c(-c2cc(C(C)C)c([Si](C)(C)C)cn2)cc1.[Ir]. The van der Waals surface area contributed by atoms with E-state index in [9.17, 15) is 0 Å². The second-order valence-electron chi connectivity index (χ2n) is 14.6. The Balaban J connectivity index is 0.000000204. The van der Waals surface area contributed by atoms with Crippen LogP contribution in [0.1, 0.15) is 67.3 Å². The maximum absolute atomic E-state index is 6.13. The van der Waals surface area contributed by atoms with Gasteiger partial charge in [0.1, 0.15) is 5.58 Å². The molecule has 3 aromatic heterocycles. The number of aryl methyl sites for hydroxylation is 1. The van der Waals surface area contributed by atoms with E-state index < -0.39 is 8.07 Å². The van der Waals surface area contributed by atoms with Crippen LogP contribution in [0.3, 0.4) is 0 Å². The molecule has 50 heavy (non-hydrogen) atoms. The van der Waals surface area contributed by atoms with Crippen LogP contribution in [-0.4, -0.2) is 18.0 Å². The van der Waals surface area contributed by atoms with Gasteiger partial charge in [-0.25, -0.2) is 0 Å². The van der Waals surface area contributed by atoms with Gasteiger partial charge in [0.2, 0.25) is 0 Å². The minimum absolute atomic E-state index is 0. The normalized spacial score (nSPS) is 11.5. The monoisotopic (exact) mass is 851 g/mol. The molecule has 0 spiro atoms. The summed E-state index contributed by atoms with van der Waals surface area (Å²) in [5.74, 6) is 0.997. The van der Waals surface area contributed by atoms with Gasteiger partial charge in [0.15, 0.2) is 0 Å². The summed E-state index contributed by atoms with van der Waals surface area (Å²) in [7, 11) is -1.35. The van der Waals surface area contributed by atoms with Crippen LogP contribution in [0.15, 0.2) is 114 Å². The van der Waals surface area contributed by atoms with E-state index >= 15 is 0 Å². The molecule has 3 heterocycles. The van der Waals surface area contributed by atoms with E-state index in [1.165, 1.54) is 38.4 Å². The van der Waals surface area contributed by atoms with Crippen LogP contribution in [0.4, 0.5) is 0 Å². The molecule has 0 N–H and O–H groups in total. The Morgan fingerprint density at radius 2 is 1.46 bits per heavy atom. The van der Waals surface area contributed by atoms with Crippen molar-refractivity contribution in [3.8, 4) is 22.5 Å². The average Bonchev–Trinajstić information content (AvgIpc) is 3.48. The van der Waals surface area contributed by atoms with E-state index in [2.05, 4.69) is 156 Å². The Hall–Kier alpha value is -4.15. The molecule has 257 valence electrons. The molecule has 0 fully saturated rings. The van der Waals surface area contributed by atoms with Gasteiger partial charge in [0.25, 0.3) is 0 Å². The number of hydrogen-bond donors (Lipinski definition) is 0. The molecule has 0 amide bonds. The van der Waals surface area contributed by atoms with Gasteiger partial charge in [-0.05, 0) is 58.1 Å². The van der Waals surface area contributed by atoms with Gasteiger partial charge in [0.05, 0.1) is 13.7 Å². The third-order valence-electron chi connectivity index (χ3n) is 9.09. The molecule has 0 aliphatic heterocycles. The van der Waals surface area contributed by atoms with Crippen molar-refractivity contribution in [2.75, 3.05) is 0 Å². The number of pyridine rings is 2. The van der Waals surface area contributed by atoms with E-state index in [4.69, 9.17) is 9.40 Å². The minimum Gasteiger partial charge on any atom is -0.500 e. The van der Waals surface area contributed by atoms with Crippen LogP contribution in [-0.2, 0) is 26.5 Å². The van der Waals surface area contributed by atoms with Gasteiger partial charge >= 0.3 is 0 Å². The molecule has 0 unspecified atom stereocenters. The molecule has 0 aliphatic rings. The number of aromatic nitrogens is 2. The van der Waals surface area contributed by atoms with Crippen molar-refractivity contribution in [3.63, 3.8) is 0 Å². The number of nitrogens with zero attached hydrogens (tertiary/aromatic N) is 2. The maximum Gasteiger partial charge on any atom is 0.121 e. The zero-order valence-electron chi connectivity index (χ0n) is 30.4. The summed E-state index contributed by atoms with van der Waals surface area (Å²) in [4.78, 5) is 9.28. The molecule has 3 nitrogen and oxygen atoms in total. The molecule has 0 aliphatic carbocycles. The second kappa shape index (κ2) is 15.8. The predicted molar refractivity (Wildman–Crippen MR) is 209 cm³/mol. The Morgan fingerprint density at radius 1 is 0.720 bits per heavy atom. The number of rotatable bonds is 7. The molecule has 1 radical (unpaired) electrons. The van der Waals surface area contributed by atoms with Crippen LogP contribution in [0, 0.1) is 19.1 Å². The summed E-state index contributed by atoms with van der Waals surface area (Å²) < 4.78 is 6.13. The van der Waals surface area contributed by atoms with Gasteiger partial charge in [0, 0.05) is 37.9 Å². The van der Waals surface area contributed by atoms with E-state index in [0.29, 0.717) is 11.8 Å². The van der Waals surface area contributed by atoms with Crippen LogP contribution >= 0.6 is 0 Å². The van der Waals surface area contributed by atoms with E-state index in [-0.39, 0.29) is 20.1 Å². The van der Waals surface area contributed by atoms with Crippen molar-refractivity contribution >= 4 is 35.2 Å². The maximum atomic E-state index is 6.13. The zero-order chi connectivity index (χ0) is 34.7. The molecule has 5 heteroatoms.